The molecule has 0 saturated carbocycles. The molecule has 1 aromatic carbocycles. The molecule has 0 fully saturated rings. The summed E-state index contributed by atoms with van der Waals surface area (Å²) >= 11 is 0. The SMILES string of the molecule is CCOc1ccc(-c2nc(C(=O)N/N=C/c3cc(OC)ccc3F)cnc2N)cn1. The second-order valence-electron chi connectivity index (χ2n) is 5.89. The second-order valence-corrected chi connectivity index (χ2v) is 5.89. The monoisotopic (exact) mass is 410 g/mol. The summed E-state index contributed by atoms with van der Waals surface area (Å²) in [7, 11) is 1.47. The summed E-state index contributed by atoms with van der Waals surface area (Å²) in [6, 6.07) is 7.55. The maximum absolute atomic E-state index is 13.8. The number of pyridine rings is 1. The highest BCUT2D eigenvalue weighted by molar-refractivity contribution is 5.93. The third-order valence-corrected chi connectivity index (χ3v) is 3.91. The van der Waals surface area contributed by atoms with E-state index in [1.165, 1.54) is 37.7 Å². The highest BCUT2D eigenvalue weighted by Crippen LogP contribution is 2.23. The number of hydrogen-bond acceptors (Lipinski definition) is 8. The molecule has 2 aromatic heterocycles. The van der Waals surface area contributed by atoms with Crippen molar-refractivity contribution in [1.29, 1.82) is 0 Å². The average molecular weight is 410 g/mol. The maximum atomic E-state index is 13.8. The smallest absolute Gasteiger partial charge is 0.291 e. The highest BCUT2D eigenvalue weighted by atomic mass is 19.1. The zero-order valence-electron chi connectivity index (χ0n) is 16.3. The molecule has 0 aliphatic heterocycles. The number of carbonyl (C=O) groups excluding carboxylic acids is 1. The molecule has 0 radical (unpaired) electrons. The molecule has 0 atom stereocenters. The molecule has 3 rings (SSSR count). The summed E-state index contributed by atoms with van der Waals surface area (Å²) in [6.45, 7) is 2.34. The van der Waals surface area contributed by atoms with Crippen LogP contribution in [0.2, 0.25) is 0 Å². The van der Waals surface area contributed by atoms with Crippen LogP contribution in [0.1, 0.15) is 23.0 Å². The number of aromatic nitrogens is 3. The van der Waals surface area contributed by atoms with Crippen LogP contribution in [-0.2, 0) is 0 Å². The number of ether oxygens (including phenoxy) is 2. The van der Waals surface area contributed by atoms with Gasteiger partial charge in [-0.1, -0.05) is 0 Å². The Labute approximate surface area is 171 Å². The van der Waals surface area contributed by atoms with Crippen LogP contribution in [0.4, 0.5) is 10.2 Å². The first kappa shape index (κ1) is 20.6. The number of nitrogens with one attached hydrogen (secondary N) is 1. The van der Waals surface area contributed by atoms with E-state index in [1.54, 1.807) is 12.1 Å². The van der Waals surface area contributed by atoms with Crippen LogP contribution in [0, 0.1) is 5.82 Å². The van der Waals surface area contributed by atoms with Crippen LogP contribution < -0.4 is 20.6 Å². The lowest BCUT2D eigenvalue weighted by atomic mass is 10.2. The van der Waals surface area contributed by atoms with Crippen LogP contribution in [0.25, 0.3) is 11.3 Å². The van der Waals surface area contributed by atoms with E-state index in [0.29, 0.717) is 29.5 Å². The zero-order chi connectivity index (χ0) is 21.5. The number of benzene rings is 1. The van der Waals surface area contributed by atoms with E-state index in [0.717, 1.165) is 6.21 Å². The van der Waals surface area contributed by atoms with Gasteiger partial charge in [0.2, 0.25) is 5.88 Å². The van der Waals surface area contributed by atoms with Gasteiger partial charge in [0.25, 0.3) is 5.91 Å². The van der Waals surface area contributed by atoms with Crippen molar-refractivity contribution in [2.75, 3.05) is 19.5 Å². The molecule has 0 unspecified atom stereocenters. The minimum Gasteiger partial charge on any atom is -0.497 e. The van der Waals surface area contributed by atoms with Gasteiger partial charge in [0.1, 0.15) is 28.8 Å². The lowest BCUT2D eigenvalue weighted by Gasteiger charge is -2.07. The number of nitrogens with two attached hydrogens (primary N) is 1. The van der Waals surface area contributed by atoms with E-state index in [9.17, 15) is 9.18 Å². The molecule has 10 heteroatoms. The van der Waals surface area contributed by atoms with Crippen molar-refractivity contribution in [2.24, 2.45) is 5.10 Å². The molecule has 0 bridgehead atoms. The van der Waals surface area contributed by atoms with Crippen LogP contribution in [0.15, 0.2) is 47.8 Å². The van der Waals surface area contributed by atoms with Gasteiger partial charge in [-0.2, -0.15) is 5.10 Å². The largest absolute Gasteiger partial charge is 0.497 e. The molecule has 3 aromatic rings. The topological polar surface area (TPSA) is 125 Å². The lowest BCUT2D eigenvalue weighted by Crippen LogP contribution is -2.20. The first-order chi connectivity index (χ1) is 14.5. The third-order valence-electron chi connectivity index (χ3n) is 3.91. The number of methoxy groups -OCH3 is 1. The number of hydrogen-bond donors (Lipinski definition) is 2. The normalized spacial score (nSPS) is 10.8. The number of rotatable bonds is 7. The van der Waals surface area contributed by atoms with Gasteiger partial charge in [-0.3, -0.25) is 4.79 Å². The number of amides is 1. The number of anilines is 1. The third kappa shape index (κ3) is 4.85. The van der Waals surface area contributed by atoms with Gasteiger partial charge >= 0.3 is 0 Å². The van der Waals surface area contributed by atoms with Gasteiger partial charge in [0, 0.05) is 23.4 Å². The maximum Gasteiger partial charge on any atom is 0.291 e. The molecular weight excluding hydrogens is 391 g/mol. The number of nitrogen functional groups attached to an aromatic ring is 1. The van der Waals surface area contributed by atoms with Gasteiger partial charge in [0.05, 0.1) is 26.1 Å². The fourth-order valence-electron chi connectivity index (χ4n) is 2.44. The predicted molar refractivity (Wildman–Crippen MR) is 109 cm³/mol. The molecule has 3 N–H and O–H groups in total. The van der Waals surface area contributed by atoms with Crippen molar-refractivity contribution in [3.05, 3.63) is 59.8 Å². The van der Waals surface area contributed by atoms with E-state index in [2.05, 4.69) is 25.5 Å². The Hall–Kier alpha value is -4.08. The van der Waals surface area contributed by atoms with E-state index >= 15 is 0 Å². The molecule has 1 amide bonds. The summed E-state index contributed by atoms with van der Waals surface area (Å²) in [5, 5.41) is 3.76. The van der Waals surface area contributed by atoms with Gasteiger partial charge < -0.3 is 15.2 Å². The first-order valence-electron chi connectivity index (χ1n) is 8.90. The molecule has 0 spiro atoms. The van der Waals surface area contributed by atoms with Gasteiger partial charge in [-0.15, -0.1) is 0 Å². The minimum absolute atomic E-state index is 0.0173. The second kappa shape index (κ2) is 9.41. The minimum atomic E-state index is -0.637. The van der Waals surface area contributed by atoms with Crippen molar-refractivity contribution >= 4 is 17.9 Å². The fourth-order valence-corrected chi connectivity index (χ4v) is 2.44. The van der Waals surface area contributed by atoms with Crippen molar-refractivity contribution in [3.63, 3.8) is 0 Å². The van der Waals surface area contributed by atoms with Crippen molar-refractivity contribution in [2.45, 2.75) is 6.92 Å². The summed E-state index contributed by atoms with van der Waals surface area (Å²) in [5.74, 6) is -0.0870. The van der Waals surface area contributed by atoms with Crippen LogP contribution in [0.3, 0.4) is 0 Å². The quantitative estimate of drug-likeness (QED) is 0.453. The Balaban J connectivity index is 1.76. The van der Waals surface area contributed by atoms with E-state index < -0.39 is 11.7 Å². The van der Waals surface area contributed by atoms with Crippen molar-refractivity contribution in [3.8, 4) is 22.9 Å². The molecule has 0 saturated heterocycles. The number of carbonyl (C=O) groups is 1. The Kier molecular flexibility index (Phi) is 6.48. The van der Waals surface area contributed by atoms with E-state index in [1.807, 2.05) is 6.92 Å². The van der Waals surface area contributed by atoms with E-state index in [4.69, 9.17) is 15.2 Å². The molecule has 2 heterocycles. The van der Waals surface area contributed by atoms with Crippen molar-refractivity contribution in [1.82, 2.24) is 20.4 Å². The Morgan fingerprint density at radius 3 is 2.80 bits per heavy atom. The Morgan fingerprint density at radius 1 is 1.27 bits per heavy atom. The molecule has 30 heavy (non-hydrogen) atoms. The summed E-state index contributed by atoms with van der Waals surface area (Å²) < 4.78 is 24.1. The van der Waals surface area contributed by atoms with Crippen molar-refractivity contribution < 1.29 is 18.7 Å². The average Bonchev–Trinajstić information content (AvgIpc) is 2.76. The van der Waals surface area contributed by atoms with Gasteiger partial charge in [-0.05, 0) is 31.2 Å². The zero-order valence-corrected chi connectivity index (χ0v) is 16.3. The van der Waals surface area contributed by atoms with Gasteiger partial charge in [-0.25, -0.2) is 24.8 Å². The Bertz CT molecular complexity index is 1070. The van der Waals surface area contributed by atoms with Crippen LogP contribution in [-0.4, -0.2) is 40.8 Å². The standard InChI is InChI=1S/C20H19FN6O3/c1-3-30-17-7-4-12(9-23-17)18-19(22)24-11-16(26-18)20(28)27-25-10-13-8-14(29-2)5-6-15(13)21/h4-11H,3H2,1-2H3,(H2,22,24)(H,27,28)/b25-10+. The Morgan fingerprint density at radius 2 is 2.10 bits per heavy atom. The molecule has 0 aliphatic carbocycles. The summed E-state index contributed by atoms with van der Waals surface area (Å²) in [6.07, 6.45) is 3.91. The van der Waals surface area contributed by atoms with E-state index in [-0.39, 0.29) is 17.1 Å². The molecular formula is C20H19FN6O3. The van der Waals surface area contributed by atoms with Crippen LogP contribution >= 0.6 is 0 Å². The fraction of sp³-hybridized carbons (Fsp3) is 0.150. The molecule has 154 valence electrons. The molecule has 0 aliphatic rings. The van der Waals surface area contributed by atoms with Crippen LogP contribution in [0.5, 0.6) is 11.6 Å². The molecule has 9 nitrogen and oxygen atoms in total. The highest BCUT2D eigenvalue weighted by Gasteiger charge is 2.13. The summed E-state index contributed by atoms with van der Waals surface area (Å²) in [4.78, 5) is 24.8. The predicted octanol–water partition coefficient (Wildman–Crippen LogP) is 2.43. The number of hydrazone groups is 1. The number of nitrogens with zero attached hydrogens (tertiary/aromatic N) is 4. The van der Waals surface area contributed by atoms with Gasteiger partial charge in [0.15, 0.2) is 0 Å². The number of halogens is 1. The first-order valence-corrected chi connectivity index (χ1v) is 8.90. The lowest BCUT2D eigenvalue weighted by molar-refractivity contribution is 0.0950. The summed E-state index contributed by atoms with van der Waals surface area (Å²) in [5.41, 5.74) is 9.17.